The lowest BCUT2D eigenvalue weighted by Crippen LogP contribution is -2.56. The number of aliphatic hydroxyl groups is 1. The van der Waals surface area contributed by atoms with E-state index >= 15 is 0 Å². The molecule has 1 aliphatic rings. The Balaban J connectivity index is 1.48. The van der Waals surface area contributed by atoms with Gasteiger partial charge in [-0.15, -0.1) is 0 Å². The quantitative estimate of drug-likeness (QED) is 0.416. The van der Waals surface area contributed by atoms with E-state index in [1.165, 1.54) is 29.3 Å². The van der Waals surface area contributed by atoms with Gasteiger partial charge in [-0.05, 0) is 36.4 Å². The van der Waals surface area contributed by atoms with E-state index in [-0.39, 0.29) is 29.5 Å². The number of aryl methyl sites for hydroxylation is 1. The predicted molar refractivity (Wildman–Crippen MR) is 130 cm³/mol. The molecule has 0 bridgehead atoms. The number of pyridine rings is 1. The van der Waals surface area contributed by atoms with Crippen molar-refractivity contribution in [3.63, 3.8) is 0 Å². The Kier molecular flexibility index (Phi) is 6.71. The topological polar surface area (TPSA) is 117 Å². The van der Waals surface area contributed by atoms with E-state index in [2.05, 4.69) is 15.0 Å². The molecule has 0 radical (unpaired) electrons. The molecule has 0 aliphatic carbocycles. The van der Waals surface area contributed by atoms with E-state index in [1.807, 2.05) is 0 Å². The minimum atomic E-state index is -3.77. The van der Waals surface area contributed by atoms with E-state index in [9.17, 15) is 22.0 Å². The number of rotatable bonds is 8. The molecule has 13 heteroatoms. The number of carbonyl (C=O) groups is 1. The lowest BCUT2D eigenvalue weighted by molar-refractivity contribution is -0.0262. The van der Waals surface area contributed by atoms with E-state index in [0.717, 1.165) is 0 Å². The number of nitrogens with one attached hydrogen (secondary N) is 2. The number of anilines is 3. The van der Waals surface area contributed by atoms with Crippen molar-refractivity contribution >= 4 is 44.6 Å². The summed E-state index contributed by atoms with van der Waals surface area (Å²) >= 11 is 6.07. The zero-order chi connectivity index (χ0) is 25.4. The lowest BCUT2D eigenvalue weighted by Gasteiger charge is -2.40. The number of aromatic nitrogens is 2. The van der Waals surface area contributed by atoms with E-state index in [4.69, 9.17) is 16.7 Å². The summed E-state index contributed by atoms with van der Waals surface area (Å²) in [5.41, 5.74) is 2.52. The molecular formula is C22H22ClF2N5O4S. The first-order valence-corrected chi connectivity index (χ1v) is 12.5. The lowest BCUT2D eigenvalue weighted by atomic mass is 10.1. The molecule has 2 aromatic heterocycles. The van der Waals surface area contributed by atoms with Gasteiger partial charge < -0.3 is 19.9 Å². The van der Waals surface area contributed by atoms with Crippen LogP contribution >= 0.6 is 11.6 Å². The number of aliphatic hydroxyl groups excluding tert-OH is 1. The molecule has 3 heterocycles. The number of amides is 1. The molecule has 0 spiro atoms. The summed E-state index contributed by atoms with van der Waals surface area (Å²) < 4.78 is 54.0. The van der Waals surface area contributed by atoms with Crippen LogP contribution in [-0.2, 0) is 17.1 Å². The van der Waals surface area contributed by atoms with Crippen LogP contribution in [0.25, 0.3) is 11.4 Å². The minimum Gasteiger partial charge on any atom is -0.395 e. The molecule has 3 aromatic rings. The van der Waals surface area contributed by atoms with Crippen molar-refractivity contribution in [1.29, 1.82) is 0 Å². The fourth-order valence-corrected chi connectivity index (χ4v) is 4.69. The van der Waals surface area contributed by atoms with Crippen molar-refractivity contribution in [1.82, 2.24) is 9.55 Å². The summed E-state index contributed by atoms with van der Waals surface area (Å²) in [5, 5.41) is 11.7. The van der Waals surface area contributed by atoms with Gasteiger partial charge in [-0.3, -0.25) is 14.5 Å². The Morgan fingerprint density at radius 3 is 2.54 bits per heavy atom. The summed E-state index contributed by atoms with van der Waals surface area (Å²) in [6.45, 7) is -1.21. The van der Waals surface area contributed by atoms with Crippen LogP contribution in [0.15, 0.2) is 48.8 Å². The average Bonchev–Trinajstić information content (AvgIpc) is 3.13. The number of benzene rings is 1. The normalized spacial score (nSPS) is 14.9. The van der Waals surface area contributed by atoms with Crippen molar-refractivity contribution in [2.45, 2.75) is 5.92 Å². The van der Waals surface area contributed by atoms with Crippen LogP contribution in [0.2, 0.25) is 5.02 Å². The number of hydrogen-bond acceptors (Lipinski definition) is 6. The molecule has 1 saturated heterocycles. The monoisotopic (exact) mass is 525 g/mol. The van der Waals surface area contributed by atoms with E-state index in [0.29, 0.717) is 22.6 Å². The van der Waals surface area contributed by atoms with Crippen molar-refractivity contribution in [2.24, 2.45) is 7.05 Å². The molecule has 0 saturated carbocycles. The molecule has 0 unspecified atom stereocenters. The smallest absolute Gasteiger partial charge is 0.282 e. The zero-order valence-corrected chi connectivity index (χ0v) is 20.1. The van der Waals surface area contributed by atoms with Crippen LogP contribution in [0.1, 0.15) is 10.4 Å². The fourth-order valence-electron chi connectivity index (χ4n) is 3.64. The number of sulfonamides is 1. The highest BCUT2D eigenvalue weighted by Gasteiger charge is 2.44. The third kappa shape index (κ3) is 5.89. The predicted octanol–water partition coefficient (Wildman–Crippen LogP) is 3.18. The van der Waals surface area contributed by atoms with Gasteiger partial charge in [0, 0.05) is 24.0 Å². The highest BCUT2D eigenvalue weighted by atomic mass is 35.5. The van der Waals surface area contributed by atoms with Crippen LogP contribution in [0.5, 0.6) is 0 Å². The second-order valence-corrected chi connectivity index (χ2v) is 10.4. The van der Waals surface area contributed by atoms with Crippen LogP contribution < -0.4 is 14.9 Å². The molecule has 186 valence electrons. The van der Waals surface area contributed by atoms with Gasteiger partial charge in [0.1, 0.15) is 0 Å². The van der Waals surface area contributed by atoms with Gasteiger partial charge in [-0.25, -0.2) is 17.2 Å². The molecule has 1 aromatic carbocycles. The summed E-state index contributed by atoms with van der Waals surface area (Å²) in [6.07, 6.45) is 3.12. The second-order valence-electron chi connectivity index (χ2n) is 8.17. The van der Waals surface area contributed by atoms with Crippen LogP contribution in [-0.4, -0.2) is 60.4 Å². The number of nitrogens with zero attached hydrogens (tertiary/aromatic N) is 3. The highest BCUT2D eigenvalue weighted by Crippen LogP contribution is 2.32. The van der Waals surface area contributed by atoms with E-state index in [1.54, 1.807) is 36.0 Å². The van der Waals surface area contributed by atoms with Gasteiger partial charge in [0.2, 0.25) is 10.0 Å². The standard InChI is InChI=1S/C22H22ClF2N5O4S/c1-29-11-14(6-20(29)19-3-2-18(10-26-19)30-12-22(24,25)13-30)21(32)27-16-7-15(23)8-17(9-16)28-35(33,34)5-4-31/h2-3,6-11,28,31H,4-5,12-13H2,1H3,(H,27,32). The minimum absolute atomic E-state index is 0.138. The third-order valence-electron chi connectivity index (χ3n) is 5.28. The third-order valence-corrected chi connectivity index (χ3v) is 6.76. The number of halogens is 3. The molecule has 0 atom stereocenters. The van der Waals surface area contributed by atoms with Gasteiger partial charge in [-0.2, -0.15) is 0 Å². The zero-order valence-electron chi connectivity index (χ0n) is 18.5. The number of alkyl halides is 2. The van der Waals surface area contributed by atoms with Crippen LogP contribution in [0.3, 0.4) is 0 Å². The van der Waals surface area contributed by atoms with Gasteiger partial charge >= 0.3 is 0 Å². The summed E-state index contributed by atoms with van der Waals surface area (Å²) in [4.78, 5) is 18.7. The summed E-state index contributed by atoms with van der Waals surface area (Å²) in [5.74, 6) is -3.61. The Hall–Kier alpha value is -3.22. The molecule has 1 fully saturated rings. The van der Waals surface area contributed by atoms with Crippen molar-refractivity contribution in [3.05, 3.63) is 59.4 Å². The Labute approximate surface area is 205 Å². The molecular weight excluding hydrogens is 504 g/mol. The van der Waals surface area contributed by atoms with E-state index < -0.39 is 34.2 Å². The van der Waals surface area contributed by atoms with Crippen LogP contribution in [0, 0.1) is 0 Å². The number of hydrogen-bond donors (Lipinski definition) is 3. The molecule has 1 aliphatic heterocycles. The molecule has 1 amide bonds. The second kappa shape index (κ2) is 9.44. The maximum absolute atomic E-state index is 13.1. The average molecular weight is 526 g/mol. The summed E-state index contributed by atoms with van der Waals surface area (Å²) in [7, 11) is -2.02. The van der Waals surface area contributed by atoms with Crippen molar-refractivity contribution in [2.75, 3.05) is 40.4 Å². The first-order valence-electron chi connectivity index (χ1n) is 10.4. The highest BCUT2D eigenvalue weighted by molar-refractivity contribution is 7.92. The molecule has 4 rings (SSSR count). The van der Waals surface area contributed by atoms with Crippen LogP contribution in [0.4, 0.5) is 25.8 Å². The Morgan fingerprint density at radius 2 is 1.91 bits per heavy atom. The van der Waals surface area contributed by atoms with Gasteiger partial charge in [0.25, 0.3) is 11.8 Å². The Bertz CT molecular complexity index is 1350. The maximum Gasteiger partial charge on any atom is 0.282 e. The Morgan fingerprint density at radius 1 is 1.20 bits per heavy atom. The molecule has 35 heavy (non-hydrogen) atoms. The van der Waals surface area contributed by atoms with Crippen molar-refractivity contribution in [3.8, 4) is 11.4 Å². The van der Waals surface area contributed by atoms with Gasteiger partial charge in [0.15, 0.2) is 0 Å². The maximum atomic E-state index is 13.1. The van der Waals surface area contributed by atoms with Gasteiger partial charge in [0.05, 0.1) is 60.0 Å². The molecule has 9 nitrogen and oxygen atoms in total. The largest absolute Gasteiger partial charge is 0.395 e. The SMILES string of the molecule is Cn1cc(C(=O)Nc2cc(Cl)cc(NS(=O)(=O)CCO)c2)cc1-c1ccc(N2CC(F)(F)C2)cn1. The summed E-state index contributed by atoms with van der Waals surface area (Å²) in [6, 6.07) is 9.28. The van der Waals surface area contributed by atoms with Gasteiger partial charge in [-0.1, -0.05) is 11.6 Å². The van der Waals surface area contributed by atoms with Crippen molar-refractivity contribution < 1.29 is 27.1 Å². The number of carbonyl (C=O) groups excluding carboxylic acids is 1. The first kappa shape index (κ1) is 24.9. The first-order chi connectivity index (χ1) is 16.4. The fraction of sp³-hybridized carbons (Fsp3) is 0.273. The molecule has 3 N–H and O–H groups in total.